The van der Waals surface area contributed by atoms with Crippen molar-refractivity contribution in [2.24, 2.45) is 5.92 Å². The third-order valence-corrected chi connectivity index (χ3v) is 5.99. The molecule has 1 fully saturated rings. The second kappa shape index (κ2) is 7.76. The number of nitrogens with one attached hydrogen (secondary N) is 1. The van der Waals surface area contributed by atoms with Gasteiger partial charge in [-0.2, -0.15) is 11.8 Å². The Morgan fingerprint density at radius 2 is 2.00 bits per heavy atom. The zero-order valence-corrected chi connectivity index (χ0v) is 13.8. The predicted octanol–water partition coefficient (Wildman–Crippen LogP) is 3.23. The van der Waals surface area contributed by atoms with Gasteiger partial charge >= 0.3 is 0 Å². The molecule has 0 radical (unpaired) electrons. The van der Waals surface area contributed by atoms with Crippen molar-refractivity contribution in [2.75, 3.05) is 32.4 Å². The highest BCUT2D eigenvalue weighted by atomic mass is 32.2. The van der Waals surface area contributed by atoms with Gasteiger partial charge in [0.25, 0.3) is 0 Å². The number of likely N-dealkylation sites (tertiary alicyclic amines) is 1. The van der Waals surface area contributed by atoms with Gasteiger partial charge in [-0.15, -0.1) is 0 Å². The van der Waals surface area contributed by atoms with Crippen LogP contribution < -0.4 is 5.32 Å². The lowest BCUT2D eigenvalue weighted by atomic mass is 10.0. The Morgan fingerprint density at radius 3 is 2.50 bits per heavy atom. The van der Waals surface area contributed by atoms with Crippen LogP contribution in [-0.2, 0) is 0 Å². The highest BCUT2D eigenvalue weighted by molar-refractivity contribution is 8.00. The topological polar surface area (TPSA) is 15.3 Å². The molecule has 108 valence electrons. The highest BCUT2D eigenvalue weighted by Crippen LogP contribution is 2.33. The van der Waals surface area contributed by atoms with Crippen LogP contribution in [0.15, 0.2) is 0 Å². The fourth-order valence-electron chi connectivity index (χ4n) is 2.86. The fourth-order valence-corrected chi connectivity index (χ4v) is 3.75. The van der Waals surface area contributed by atoms with Crippen molar-refractivity contribution in [3.05, 3.63) is 0 Å². The Bertz CT molecular complexity index is 218. The summed E-state index contributed by atoms with van der Waals surface area (Å²) in [5, 5.41) is 3.58. The molecule has 18 heavy (non-hydrogen) atoms. The summed E-state index contributed by atoms with van der Waals surface area (Å²) >= 11 is 2.07. The molecule has 1 saturated heterocycles. The molecule has 0 bridgehead atoms. The van der Waals surface area contributed by atoms with Crippen molar-refractivity contribution in [2.45, 2.75) is 57.7 Å². The Hall–Kier alpha value is 0.270. The minimum Gasteiger partial charge on any atom is -0.314 e. The van der Waals surface area contributed by atoms with Crippen molar-refractivity contribution >= 4 is 11.8 Å². The van der Waals surface area contributed by atoms with Gasteiger partial charge in [0.1, 0.15) is 0 Å². The van der Waals surface area contributed by atoms with E-state index in [4.69, 9.17) is 0 Å². The van der Waals surface area contributed by atoms with E-state index in [0.717, 1.165) is 5.92 Å². The van der Waals surface area contributed by atoms with Gasteiger partial charge in [-0.05, 0) is 44.5 Å². The molecule has 1 atom stereocenters. The molecule has 0 spiro atoms. The van der Waals surface area contributed by atoms with Gasteiger partial charge in [0.15, 0.2) is 0 Å². The van der Waals surface area contributed by atoms with Gasteiger partial charge in [0.2, 0.25) is 0 Å². The number of rotatable bonds is 8. The van der Waals surface area contributed by atoms with E-state index >= 15 is 0 Å². The first-order valence-electron chi connectivity index (χ1n) is 7.56. The highest BCUT2D eigenvalue weighted by Gasteiger charge is 2.31. The van der Waals surface area contributed by atoms with Crippen LogP contribution in [0.4, 0.5) is 0 Å². The molecule has 0 amide bonds. The summed E-state index contributed by atoms with van der Waals surface area (Å²) in [7, 11) is 0. The summed E-state index contributed by atoms with van der Waals surface area (Å²) in [6.45, 7) is 14.2. The molecule has 1 unspecified atom stereocenters. The number of hydrogen-bond acceptors (Lipinski definition) is 3. The van der Waals surface area contributed by atoms with Crippen LogP contribution >= 0.6 is 11.8 Å². The summed E-state index contributed by atoms with van der Waals surface area (Å²) in [4.78, 5) is 2.69. The van der Waals surface area contributed by atoms with Crippen molar-refractivity contribution in [3.63, 3.8) is 0 Å². The van der Waals surface area contributed by atoms with Gasteiger partial charge in [-0.1, -0.05) is 27.7 Å². The standard InChI is InChI=1S/C15H32N2S/c1-6-15(7-2,18-5)12-17-9-8-14(11-17)10-16-13(3)4/h13-14,16H,6-12H2,1-5H3. The third kappa shape index (κ3) is 4.75. The Kier molecular flexibility index (Phi) is 7.04. The van der Waals surface area contributed by atoms with Crippen LogP contribution in [-0.4, -0.2) is 48.1 Å². The fraction of sp³-hybridized carbons (Fsp3) is 1.00. The Morgan fingerprint density at radius 1 is 1.33 bits per heavy atom. The Balaban J connectivity index is 2.37. The van der Waals surface area contributed by atoms with E-state index in [1.165, 1.54) is 45.4 Å². The second-order valence-electron chi connectivity index (χ2n) is 6.05. The van der Waals surface area contributed by atoms with E-state index in [0.29, 0.717) is 10.8 Å². The van der Waals surface area contributed by atoms with Crippen LogP contribution in [0.2, 0.25) is 0 Å². The third-order valence-electron chi connectivity index (χ3n) is 4.42. The first kappa shape index (κ1) is 16.3. The van der Waals surface area contributed by atoms with Crippen LogP contribution in [0.3, 0.4) is 0 Å². The lowest BCUT2D eigenvalue weighted by Gasteiger charge is -2.34. The van der Waals surface area contributed by atoms with Crippen molar-refractivity contribution < 1.29 is 0 Å². The number of thioether (sulfide) groups is 1. The molecular weight excluding hydrogens is 240 g/mol. The van der Waals surface area contributed by atoms with Crippen molar-refractivity contribution in [1.82, 2.24) is 10.2 Å². The summed E-state index contributed by atoms with van der Waals surface area (Å²) in [6.07, 6.45) is 6.23. The minimum atomic E-state index is 0.486. The van der Waals surface area contributed by atoms with Crippen molar-refractivity contribution in [1.29, 1.82) is 0 Å². The molecule has 1 aliphatic heterocycles. The van der Waals surface area contributed by atoms with E-state index in [-0.39, 0.29) is 0 Å². The quantitative estimate of drug-likeness (QED) is 0.730. The summed E-state index contributed by atoms with van der Waals surface area (Å²) < 4.78 is 0.486. The normalized spacial score (nSPS) is 22.0. The molecule has 0 saturated carbocycles. The summed E-state index contributed by atoms with van der Waals surface area (Å²) in [5.41, 5.74) is 0. The van der Waals surface area contributed by atoms with Gasteiger partial charge in [-0.3, -0.25) is 0 Å². The first-order chi connectivity index (χ1) is 8.55. The zero-order valence-electron chi connectivity index (χ0n) is 13.0. The van der Waals surface area contributed by atoms with Gasteiger partial charge in [-0.25, -0.2) is 0 Å². The summed E-state index contributed by atoms with van der Waals surface area (Å²) in [5.74, 6) is 0.862. The molecule has 2 nitrogen and oxygen atoms in total. The van der Waals surface area contributed by atoms with E-state index in [1.54, 1.807) is 0 Å². The average molecular weight is 273 g/mol. The molecule has 0 aromatic heterocycles. The molecule has 0 aromatic carbocycles. The SMILES string of the molecule is CCC(CC)(CN1CCC(CNC(C)C)C1)SC. The minimum absolute atomic E-state index is 0.486. The maximum atomic E-state index is 3.58. The molecule has 0 aromatic rings. The maximum Gasteiger partial charge on any atom is 0.0279 e. The molecule has 1 rings (SSSR count). The molecule has 0 aliphatic carbocycles. The first-order valence-corrected chi connectivity index (χ1v) is 8.78. The number of nitrogens with zero attached hydrogens (tertiary/aromatic N) is 1. The molecular formula is C15H32N2S. The molecule has 1 heterocycles. The molecule has 1 N–H and O–H groups in total. The summed E-state index contributed by atoms with van der Waals surface area (Å²) in [6, 6.07) is 0.621. The molecule has 3 heteroatoms. The largest absolute Gasteiger partial charge is 0.314 e. The van der Waals surface area contributed by atoms with Gasteiger partial charge < -0.3 is 10.2 Å². The zero-order chi connectivity index (χ0) is 13.6. The molecule has 1 aliphatic rings. The van der Waals surface area contributed by atoms with E-state index < -0.39 is 0 Å². The van der Waals surface area contributed by atoms with Crippen LogP contribution in [0, 0.1) is 5.92 Å². The maximum absolute atomic E-state index is 3.58. The van der Waals surface area contributed by atoms with Crippen LogP contribution in [0.25, 0.3) is 0 Å². The van der Waals surface area contributed by atoms with Gasteiger partial charge in [0.05, 0.1) is 0 Å². The van der Waals surface area contributed by atoms with E-state index in [2.05, 4.69) is 55.9 Å². The average Bonchev–Trinajstić information content (AvgIpc) is 2.81. The predicted molar refractivity (Wildman–Crippen MR) is 84.5 cm³/mol. The second-order valence-corrected chi connectivity index (χ2v) is 7.32. The van der Waals surface area contributed by atoms with Gasteiger partial charge in [0, 0.05) is 23.9 Å². The van der Waals surface area contributed by atoms with Crippen LogP contribution in [0.5, 0.6) is 0 Å². The lowest BCUT2D eigenvalue weighted by molar-refractivity contribution is 0.277. The monoisotopic (exact) mass is 272 g/mol. The smallest absolute Gasteiger partial charge is 0.0279 e. The van der Waals surface area contributed by atoms with E-state index in [9.17, 15) is 0 Å². The Labute approximate surface area is 118 Å². The van der Waals surface area contributed by atoms with Crippen LogP contribution in [0.1, 0.15) is 47.0 Å². The van der Waals surface area contributed by atoms with E-state index in [1.807, 2.05) is 0 Å². The number of hydrogen-bond donors (Lipinski definition) is 1. The van der Waals surface area contributed by atoms with Crippen molar-refractivity contribution in [3.8, 4) is 0 Å². The lowest BCUT2D eigenvalue weighted by Crippen LogP contribution is -2.39.